The summed E-state index contributed by atoms with van der Waals surface area (Å²) < 4.78 is 13.8. The van der Waals surface area contributed by atoms with Crippen LogP contribution in [-0.4, -0.2) is 4.98 Å². The van der Waals surface area contributed by atoms with Gasteiger partial charge in [0.25, 0.3) is 0 Å². The molecule has 0 aliphatic carbocycles. The number of rotatable bonds is 5. The van der Waals surface area contributed by atoms with Gasteiger partial charge in [-0.15, -0.1) is 0 Å². The molecule has 2 nitrogen and oxygen atoms in total. The minimum Gasteiger partial charge on any atom is -0.301 e. The number of aromatic nitrogens is 1. The van der Waals surface area contributed by atoms with Crippen LogP contribution in [0.15, 0.2) is 79.0 Å². The lowest BCUT2D eigenvalue weighted by Gasteiger charge is -2.19. The topological polar surface area (TPSA) is 24.9 Å². The van der Waals surface area contributed by atoms with E-state index in [-0.39, 0.29) is 11.9 Å². The zero-order valence-corrected chi connectivity index (χ0v) is 12.1. The molecule has 0 fully saturated rings. The summed E-state index contributed by atoms with van der Waals surface area (Å²) >= 11 is 0. The molecular weight excluding hydrogens is 275 g/mol. The molecule has 1 aromatic heterocycles. The Morgan fingerprint density at radius 1 is 0.864 bits per heavy atom. The largest absolute Gasteiger partial charge is 0.301 e. The van der Waals surface area contributed by atoms with E-state index in [4.69, 9.17) is 0 Å². The van der Waals surface area contributed by atoms with Crippen molar-refractivity contribution in [3.05, 3.63) is 102 Å². The van der Waals surface area contributed by atoms with Gasteiger partial charge >= 0.3 is 0 Å². The van der Waals surface area contributed by atoms with Crippen molar-refractivity contribution < 1.29 is 4.39 Å². The van der Waals surface area contributed by atoms with Crippen LogP contribution in [0.3, 0.4) is 0 Å². The van der Waals surface area contributed by atoms with Crippen molar-refractivity contribution in [1.82, 2.24) is 10.3 Å². The van der Waals surface area contributed by atoms with Crippen LogP contribution in [0.5, 0.6) is 0 Å². The minimum atomic E-state index is -0.192. The summed E-state index contributed by atoms with van der Waals surface area (Å²) in [7, 11) is 0. The zero-order chi connectivity index (χ0) is 15.2. The SMILES string of the molecule is Fc1ccccc1CNC(c1ccccc1)c1ccccn1. The second kappa shape index (κ2) is 6.96. The summed E-state index contributed by atoms with van der Waals surface area (Å²) in [6, 6.07) is 22.7. The molecule has 0 aliphatic heterocycles. The molecular formula is C19H17FN2. The molecule has 0 bridgehead atoms. The molecule has 0 radical (unpaired) electrons. The third-order valence-corrected chi connectivity index (χ3v) is 3.57. The molecule has 0 saturated heterocycles. The number of benzene rings is 2. The molecule has 0 spiro atoms. The van der Waals surface area contributed by atoms with Gasteiger partial charge in [-0.1, -0.05) is 54.6 Å². The number of hydrogen-bond acceptors (Lipinski definition) is 2. The molecule has 0 saturated carbocycles. The lowest BCUT2D eigenvalue weighted by molar-refractivity contribution is 0.555. The average molecular weight is 292 g/mol. The van der Waals surface area contributed by atoms with Gasteiger partial charge in [0.15, 0.2) is 0 Å². The molecule has 2 aromatic carbocycles. The van der Waals surface area contributed by atoms with Gasteiger partial charge in [0.2, 0.25) is 0 Å². The summed E-state index contributed by atoms with van der Waals surface area (Å²) in [4.78, 5) is 4.43. The molecule has 22 heavy (non-hydrogen) atoms. The van der Waals surface area contributed by atoms with Crippen LogP contribution in [0.4, 0.5) is 4.39 Å². The van der Waals surface area contributed by atoms with Crippen LogP contribution in [0, 0.1) is 5.82 Å². The Morgan fingerprint density at radius 2 is 1.59 bits per heavy atom. The Hall–Kier alpha value is -2.52. The Kier molecular flexibility index (Phi) is 4.56. The number of nitrogens with one attached hydrogen (secondary N) is 1. The van der Waals surface area contributed by atoms with E-state index in [0.717, 1.165) is 11.3 Å². The normalized spacial score (nSPS) is 12.0. The van der Waals surface area contributed by atoms with Gasteiger partial charge < -0.3 is 5.32 Å². The van der Waals surface area contributed by atoms with Crippen LogP contribution in [0.1, 0.15) is 22.9 Å². The molecule has 3 rings (SSSR count). The van der Waals surface area contributed by atoms with Gasteiger partial charge in [-0.3, -0.25) is 4.98 Å². The minimum absolute atomic E-state index is 0.0676. The second-order valence-corrected chi connectivity index (χ2v) is 5.07. The number of pyridine rings is 1. The first-order valence-electron chi connectivity index (χ1n) is 7.27. The van der Waals surface area contributed by atoms with Crippen LogP contribution in [0.25, 0.3) is 0 Å². The first-order chi connectivity index (χ1) is 10.8. The van der Waals surface area contributed by atoms with Crippen molar-refractivity contribution in [1.29, 1.82) is 0 Å². The number of nitrogens with zero attached hydrogens (tertiary/aromatic N) is 1. The zero-order valence-electron chi connectivity index (χ0n) is 12.1. The van der Waals surface area contributed by atoms with Crippen LogP contribution in [-0.2, 0) is 6.54 Å². The Labute approximate surface area is 129 Å². The maximum absolute atomic E-state index is 13.8. The first kappa shape index (κ1) is 14.4. The van der Waals surface area contributed by atoms with E-state index < -0.39 is 0 Å². The number of halogens is 1. The third kappa shape index (κ3) is 3.38. The smallest absolute Gasteiger partial charge is 0.127 e. The van der Waals surface area contributed by atoms with Crippen molar-refractivity contribution in [3.8, 4) is 0 Å². The molecule has 1 unspecified atom stereocenters. The summed E-state index contributed by atoms with van der Waals surface area (Å²) in [6.07, 6.45) is 1.77. The summed E-state index contributed by atoms with van der Waals surface area (Å²) in [5, 5.41) is 3.41. The van der Waals surface area contributed by atoms with E-state index in [1.165, 1.54) is 6.07 Å². The molecule has 3 heteroatoms. The average Bonchev–Trinajstić information content (AvgIpc) is 2.59. The highest BCUT2D eigenvalue weighted by Gasteiger charge is 2.15. The predicted octanol–water partition coefficient (Wildman–Crippen LogP) is 4.10. The van der Waals surface area contributed by atoms with Crippen molar-refractivity contribution in [2.75, 3.05) is 0 Å². The summed E-state index contributed by atoms with van der Waals surface area (Å²) in [5.41, 5.74) is 2.68. The van der Waals surface area contributed by atoms with E-state index in [2.05, 4.69) is 10.3 Å². The van der Waals surface area contributed by atoms with Gasteiger partial charge in [0.05, 0.1) is 11.7 Å². The van der Waals surface area contributed by atoms with E-state index in [9.17, 15) is 4.39 Å². The van der Waals surface area contributed by atoms with Crippen LogP contribution >= 0.6 is 0 Å². The predicted molar refractivity (Wildman–Crippen MR) is 85.8 cm³/mol. The maximum atomic E-state index is 13.8. The number of hydrogen-bond donors (Lipinski definition) is 1. The standard InChI is InChI=1S/C19H17FN2/c20-17-11-5-4-10-16(17)14-22-19(15-8-2-1-3-9-15)18-12-6-7-13-21-18/h1-13,19,22H,14H2. The fourth-order valence-corrected chi connectivity index (χ4v) is 2.44. The summed E-state index contributed by atoms with van der Waals surface area (Å²) in [5.74, 6) is -0.192. The molecule has 1 N–H and O–H groups in total. The molecule has 0 aliphatic rings. The molecule has 1 heterocycles. The Balaban J connectivity index is 1.85. The van der Waals surface area contributed by atoms with Gasteiger partial charge in [-0.05, 0) is 23.8 Å². The van der Waals surface area contributed by atoms with Gasteiger partial charge in [0, 0.05) is 18.3 Å². The lowest BCUT2D eigenvalue weighted by atomic mass is 10.0. The highest BCUT2D eigenvalue weighted by Crippen LogP contribution is 2.21. The van der Waals surface area contributed by atoms with E-state index in [0.29, 0.717) is 12.1 Å². The van der Waals surface area contributed by atoms with Crippen molar-refractivity contribution >= 4 is 0 Å². The molecule has 110 valence electrons. The maximum Gasteiger partial charge on any atom is 0.127 e. The Bertz CT molecular complexity index is 674. The van der Waals surface area contributed by atoms with E-state index in [1.807, 2.05) is 54.6 Å². The molecule has 0 amide bonds. The fourth-order valence-electron chi connectivity index (χ4n) is 2.44. The van der Waals surface area contributed by atoms with Crippen molar-refractivity contribution in [3.63, 3.8) is 0 Å². The van der Waals surface area contributed by atoms with Gasteiger partial charge in [-0.25, -0.2) is 4.39 Å². The Morgan fingerprint density at radius 3 is 2.32 bits per heavy atom. The molecule has 1 atom stereocenters. The first-order valence-corrected chi connectivity index (χ1v) is 7.27. The molecule has 3 aromatic rings. The lowest BCUT2D eigenvalue weighted by Crippen LogP contribution is -2.23. The fraction of sp³-hybridized carbons (Fsp3) is 0.105. The second-order valence-electron chi connectivity index (χ2n) is 5.07. The van der Waals surface area contributed by atoms with Gasteiger partial charge in [-0.2, -0.15) is 0 Å². The van der Waals surface area contributed by atoms with Crippen LogP contribution in [0.2, 0.25) is 0 Å². The monoisotopic (exact) mass is 292 g/mol. The third-order valence-electron chi connectivity index (χ3n) is 3.57. The summed E-state index contributed by atoms with van der Waals surface area (Å²) in [6.45, 7) is 0.447. The van der Waals surface area contributed by atoms with Crippen molar-refractivity contribution in [2.24, 2.45) is 0 Å². The van der Waals surface area contributed by atoms with Crippen molar-refractivity contribution in [2.45, 2.75) is 12.6 Å². The van der Waals surface area contributed by atoms with E-state index >= 15 is 0 Å². The van der Waals surface area contributed by atoms with Crippen LogP contribution < -0.4 is 5.32 Å². The highest BCUT2D eigenvalue weighted by molar-refractivity contribution is 5.28. The highest BCUT2D eigenvalue weighted by atomic mass is 19.1. The van der Waals surface area contributed by atoms with Gasteiger partial charge in [0.1, 0.15) is 5.82 Å². The van der Waals surface area contributed by atoms with E-state index in [1.54, 1.807) is 18.3 Å². The quantitative estimate of drug-likeness (QED) is 0.766.